The molecule has 5 aromatic rings. The lowest BCUT2D eigenvalue weighted by Gasteiger charge is -2.10. The van der Waals surface area contributed by atoms with Crippen LogP contribution >= 0.6 is 0 Å². The second-order valence-electron chi connectivity index (χ2n) is 7.82. The number of halogens is 2. The maximum atomic E-state index is 13.4. The number of amides is 2. The summed E-state index contributed by atoms with van der Waals surface area (Å²) in [5.74, 6) is -0.637. The summed E-state index contributed by atoms with van der Waals surface area (Å²) in [6, 6.07) is 19.2. The molecule has 0 bridgehead atoms. The molecule has 2 aromatic heterocycles. The van der Waals surface area contributed by atoms with Crippen molar-refractivity contribution in [2.75, 3.05) is 10.6 Å². The van der Waals surface area contributed by atoms with Gasteiger partial charge in [-0.1, -0.05) is 12.1 Å². The number of nitrogens with zero attached hydrogens (tertiary/aromatic N) is 2. The molecule has 0 unspecified atom stereocenters. The van der Waals surface area contributed by atoms with Gasteiger partial charge in [-0.15, -0.1) is 0 Å². The van der Waals surface area contributed by atoms with Gasteiger partial charge in [-0.3, -0.25) is 4.98 Å². The Morgan fingerprint density at radius 3 is 2.21 bits per heavy atom. The molecular formula is C26H20F2N4O. The second-order valence-corrected chi connectivity index (χ2v) is 7.82. The Kier molecular flexibility index (Phi) is 5.22. The first-order valence-electron chi connectivity index (χ1n) is 10.4. The van der Waals surface area contributed by atoms with Crippen molar-refractivity contribution in [3.05, 3.63) is 102 Å². The molecule has 2 amide bonds. The highest BCUT2D eigenvalue weighted by Crippen LogP contribution is 2.33. The van der Waals surface area contributed by atoms with E-state index < -0.39 is 6.03 Å². The number of aromatic nitrogens is 2. The summed E-state index contributed by atoms with van der Waals surface area (Å²) in [7, 11) is 0. The van der Waals surface area contributed by atoms with Crippen LogP contribution in [0.2, 0.25) is 0 Å². The fourth-order valence-corrected chi connectivity index (χ4v) is 4.07. The van der Waals surface area contributed by atoms with E-state index in [0.29, 0.717) is 17.9 Å². The predicted molar refractivity (Wildman–Crippen MR) is 127 cm³/mol. The molecule has 0 fully saturated rings. The summed E-state index contributed by atoms with van der Waals surface area (Å²) < 4.78 is 28.6. The number of rotatable bonds is 4. The Morgan fingerprint density at radius 1 is 0.848 bits per heavy atom. The molecule has 0 saturated carbocycles. The molecule has 33 heavy (non-hydrogen) atoms. The first-order valence-corrected chi connectivity index (χ1v) is 10.4. The fraction of sp³-hybridized carbons (Fsp3) is 0.0769. The van der Waals surface area contributed by atoms with E-state index in [0.717, 1.165) is 33.1 Å². The summed E-state index contributed by atoms with van der Waals surface area (Å²) in [5.41, 5.74) is 4.94. The van der Waals surface area contributed by atoms with Gasteiger partial charge in [-0.05, 0) is 73.2 Å². The van der Waals surface area contributed by atoms with Crippen molar-refractivity contribution in [1.82, 2.24) is 9.55 Å². The standard InChI is InChI=1S/C26H20F2N4O/c1-16-25-22(12-13-29-16)23-14-21(31-26(33)30-20-8-6-19(28)7-9-20)10-11-24(23)32(25)15-17-2-4-18(27)5-3-17/h2-14H,15H2,1H3,(H2,30,31,33). The van der Waals surface area contributed by atoms with E-state index in [1.54, 1.807) is 18.3 Å². The van der Waals surface area contributed by atoms with Gasteiger partial charge in [0.2, 0.25) is 0 Å². The summed E-state index contributed by atoms with van der Waals surface area (Å²) >= 11 is 0. The Balaban J connectivity index is 1.50. The molecule has 5 rings (SSSR count). The van der Waals surface area contributed by atoms with Crippen LogP contribution in [0.1, 0.15) is 11.3 Å². The van der Waals surface area contributed by atoms with Crippen LogP contribution in [0.3, 0.4) is 0 Å². The monoisotopic (exact) mass is 442 g/mol. The number of carbonyl (C=O) groups excluding carboxylic acids is 1. The van der Waals surface area contributed by atoms with Crippen LogP contribution in [-0.2, 0) is 6.54 Å². The lowest BCUT2D eigenvalue weighted by molar-refractivity contribution is 0.262. The van der Waals surface area contributed by atoms with Crippen molar-refractivity contribution in [2.24, 2.45) is 0 Å². The van der Waals surface area contributed by atoms with E-state index >= 15 is 0 Å². The minimum Gasteiger partial charge on any atom is -0.334 e. The molecule has 0 aliphatic rings. The molecule has 0 saturated heterocycles. The number of benzene rings is 3. The number of carbonyl (C=O) groups is 1. The summed E-state index contributed by atoms with van der Waals surface area (Å²) in [6.45, 7) is 2.52. The first-order chi connectivity index (χ1) is 16.0. The van der Waals surface area contributed by atoms with Crippen LogP contribution in [0.4, 0.5) is 25.0 Å². The third kappa shape index (κ3) is 4.13. The molecule has 2 heterocycles. The molecule has 7 heteroatoms. The molecule has 5 nitrogen and oxygen atoms in total. The van der Waals surface area contributed by atoms with E-state index in [4.69, 9.17) is 0 Å². The average molecular weight is 442 g/mol. The number of hydrogen-bond donors (Lipinski definition) is 2. The van der Waals surface area contributed by atoms with Gasteiger partial charge >= 0.3 is 6.03 Å². The van der Waals surface area contributed by atoms with Crippen molar-refractivity contribution in [3.8, 4) is 0 Å². The largest absolute Gasteiger partial charge is 0.334 e. The average Bonchev–Trinajstić information content (AvgIpc) is 3.11. The molecule has 0 spiro atoms. The third-order valence-corrected chi connectivity index (χ3v) is 5.57. The van der Waals surface area contributed by atoms with Gasteiger partial charge in [0.05, 0.1) is 11.2 Å². The minimum atomic E-state index is -0.422. The molecule has 2 N–H and O–H groups in total. The Hall–Kier alpha value is -4.26. The zero-order valence-electron chi connectivity index (χ0n) is 17.8. The van der Waals surface area contributed by atoms with Crippen molar-refractivity contribution in [3.63, 3.8) is 0 Å². The van der Waals surface area contributed by atoms with E-state index in [2.05, 4.69) is 20.2 Å². The van der Waals surface area contributed by atoms with Crippen LogP contribution in [0.15, 0.2) is 79.0 Å². The molecule has 3 aromatic carbocycles. The van der Waals surface area contributed by atoms with Crippen LogP contribution < -0.4 is 10.6 Å². The van der Waals surface area contributed by atoms with E-state index in [-0.39, 0.29) is 11.6 Å². The maximum absolute atomic E-state index is 13.4. The summed E-state index contributed by atoms with van der Waals surface area (Å²) in [5, 5.41) is 7.51. The van der Waals surface area contributed by atoms with E-state index in [9.17, 15) is 13.6 Å². The van der Waals surface area contributed by atoms with Crippen molar-refractivity contribution < 1.29 is 13.6 Å². The number of hydrogen-bond acceptors (Lipinski definition) is 2. The van der Waals surface area contributed by atoms with Gasteiger partial charge in [0.1, 0.15) is 11.6 Å². The highest BCUT2D eigenvalue weighted by molar-refractivity contribution is 6.11. The number of nitrogens with one attached hydrogen (secondary N) is 2. The molecule has 0 atom stereocenters. The number of pyridine rings is 1. The van der Waals surface area contributed by atoms with Crippen LogP contribution in [0.25, 0.3) is 21.8 Å². The minimum absolute atomic E-state index is 0.270. The van der Waals surface area contributed by atoms with E-state index in [1.807, 2.05) is 31.2 Å². The van der Waals surface area contributed by atoms with Crippen molar-refractivity contribution in [1.29, 1.82) is 0 Å². The van der Waals surface area contributed by atoms with Gasteiger partial charge in [-0.25, -0.2) is 13.6 Å². The fourth-order valence-electron chi connectivity index (χ4n) is 4.07. The molecule has 0 aliphatic heterocycles. The highest BCUT2D eigenvalue weighted by atomic mass is 19.1. The summed E-state index contributed by atoms with van der Waals surface area (Å²) in [6.07, 6.45) is 1.76. The maximum Gasteiger partial charge on any atom is 0.323 e. The lowest BCUT2D eigenvalue weighted by Crippen LogP contribution is -2.19. The SMILES string of the molecule is Cc1nccc2c3cc(NC(=O)Nc4ccc(F)cc4)ccc3n(Cc3ccc(F)cc3)c12. The smallest absolute Gasteiger partial charge is 0.323 e. The Bertz CT molecular complexity index is 1480. The number of anilines is 2. The van der Waals surface area contributed by atoms with Crippen LogP contribution in [0.5, 0.6) is 0 Å². The van der Waals surface area contributed by atoms with Gasteiger partial charge in [0.25, 0.3) is 0 Å². The summed E-state index contributed by atoms with van der Waals surface area (Å²) in [4.78, 5) is 16.9. The normalized spacial score (nSPS) is 11.1. The first kappa shape index (κ1) is 20.6. The van der Waals surface area contributed by atoms with Crippen LogP contribution in [0, 0.1) is 18.6 Å². The zero-order chi connectivity index (χ0) is 22.9. The second kappa shape index (κ2) is 8.35. The van der Waals surface area contributed by atoms with Crippen molar-refractivity contribution in [2.45, 2.75) is 13.5 Å². The van der Waals surface area contributed by atoms with Crippen molar-refractivity contribution >= 4 is 39.2 Å². The highest BCUT2D eigenvalue weighted by Gasteiger charge is 2.15. The topological polar surface area (TPSA) is 59.0 Å². The van der Waals surface area contributed by atoms with Gasteiger partial charge in [0.15, 0.2) is 0 Å². The Morgan fingerprint density at radius 2 is 1.48 bits per heavy atom. The number of aryl methyl sites for hydroxylation is 1. The molecule has 0 aliphatic carbocycles. The predicted octanol–water partition coefficient (Wildman–Crippen LogP) is 6.47. The van der Waals surface area contributed by atoms with E-state index in [1.165, 1.54) is 36.4 Å². The third-order valence-electron chi connectivity index (χ3n) is 5.57. The lowest BCUT2D eigenvalue weighted by atomic mass is 10.1. The molecular weight excluding hydrogens is 422 g/mol. The zero-order valence-corrected chi connectivity index (χ0v) is 17.8. The molecule has 164 valence electrons. The van der Waals surface area contributed by atoms with Gasteiger partial charge < -0.3 is 15.2 Å². The van der Waals surface area contributed by atoms with Gasteiger partial charge in [0, 0.05) is 40.4 Å². The number of fused-ring (bicyclic) bond motifs is 3. The molecule has 0 radical (unpaired) electrons. The number of urea groups is 1. The van der Waals surface area contributed by atoms with Gasteiger partial charge in [-0.2, -0.15) is 0 Å². The van der Waals surface area contributed by atoms with Crippen LogP contribution in [-0.4, -0.2) is 15.6 Å². The quantitative estimate of drug-likeness (QED) is 0.335. The Labute approximate surface area is 188 Å².